The molecule has 1 fully saturated rings. The van der Waals surface area contributed by atoms with Crippen LogP contribution in [0.25, 0.3) is 11.0 Å². The minimum atomic E-state index is 0.152. The van der Waals surface area contributed by atoms with Crippen molar-refractivity contribution in [2.24, 2.45) is 0 Å². The molecule has 6 nitrogen and oxygen atoms in total. The number of rotatable bonds is 5. The molecule has 0 unspecified atom stereocenters. The molecule has 7 heteroatoms. The van der Waals surface area contributed by atoms with Crippen molar-refractivity contribution in [2.45, 2.75) is 12.2 Å². The molecule has 1 saturated heterocycles. The molecule has 0 aliphatic carbocycles. The second-order valence-corrected chi connectivity index (χ2v) is 7.99. The molecule has 0 bridgehead atoms. The highest BCUT2D eigenvalue weighted by atomic mass is 32.2. The van der Waals surface area contributed by atoms with Gasteiger partial charge in [0.15, 0.2) is 0 Å². The minimum Gasteiger partial charge on any atom is -0.368 e. The summed E-state index contributed by atoms with van der Waals surface area (Å²) in [7, 11) is 0. The standard InChI is InChI=1S/C20H23N5OS/c1-15(20-22-17-4-2-3-5-18(17)23-20)27-14-19(26)25-12-10-24(11-13-25)16-6-8-21-9-7-16/h2-9,15H,10-14H2,1H3,(H,22,23)/t15-/m0/s1. The maximum absolute atomic E-state index is 12.6. The van der Waals surface area contributed by atoms with Crippen LogP contribution in [0.1, 0.15) is 18.0 Å². The van der Waals surface area contributed by atoms with Crippen molar-refractivity contribution in [3.05, 3.63) is 54.6 Å². The van der Waals surface area contributed by atoms with Crippen molar-refractivity contribution in [3.63, 3.8) is 0 Å². The molecule has 1 amide bonds. The van der Waals surface area contributed by atoms with Crippen molar-refractivity contribution in [3.8, 4) is 0 Å². The molecule has 1 aliphatic rings. The Balaban J connectivity index is 1.28. The Labute approximate surface area is 163 Å². The van der Waals surface area contributed by atoms with Gasteiger partial charge < -0.3 is 14.8 Å². The minimum absolute atomic E-state index is 0.152. The lowest BCUT2D eigenvalue weighted by Gasteiger charge is -2.36. The third-order valence-corrected chi connectivity index (χ3v) is 6.05. The molecule has 1 aromatic carbocycles. The molecule has 27 heavy (non-hydrogen) atoms. The van der Waals surface area contributed by atoms with E-state index in [1.807, 2.05) is 53.7 Å². The number of hydrogen-bond acceptors (Lipinski definition) is 5. The number of pyridine rings is 1. The first-order valence-electron chi connectivity index (χ1n) is 9.20. The highest BCUT2D eigenvalue weighted by Gasteiger charge is 2.22. The van der Waals surface area contributed by atoms with Crippen molar-refractivity contribution in [1.29, 1.82) is 0 Å². The second kappa shape index (κ2) is 8.00. The topological polar surface area (TPSA) is 65.1 Å². The third-order valence-electron chi connectivity index (χ3n) is 4.91. The number of benzene rings is 1. The van der Waals surface area contributed by atoms with Crippen LogP contribution in [-0.2, 0) is 4.79 Å². The second-order valence-electron chi connectivity index (χ2n) is 6.67. The summed E-state index contributed by atoms with van der Waals surface area (Å²) in [5.74, 6) is 1.61. The van der Waals surface area contributed by atoms with Gasteiger partial charge in [0.1, 0.15) is 5.82 Å². The Kier molecular flexibility index (Phi) is 5.29. The van der Waals surface area contributed by atoms with Crippen LogP contribution in [0.4, 0.5) is 5.69 Å². The molecule has 3 heterocycles. The van der Waals surface area contributed by atoms with Crippen LogP contribution in [0.5, 0.6) is 0 Å². The van der Waals surface area contributed by atoms with E-state index in [0.717, 1.165) is 43.0 Å². The average molecular weight is 382 g/mol. The zero-order valence-electron chi connectivity index (χ0n) is 15.3. The molecule has 3 aromatic rings. The van der Waals surface area contributed by atoms with Crippen LogP contribution in [0.2, 0.25) is 0 Å². The fraction of sp³-hybridized carbons (Fsp3) is 0.350. The zero-order chi connectivity index (χ0) is 18.6. The molecule has 2 aromatic heterocycles. The van der Waals surface area contributed by atoms with E-state index < -0.39 is 0 Å². The van der Waals surface area contributed by atoms with Crippen molar-refractivity contribution in [2.75, 3.05) is 36.8 Å². The van der Waals surface area contributed by atoms with Crippen molar-refractivity contribution in [1.82, 2.24) is 19.9 Å². The number of nitrogens with one attached hydrogen (secondary N) is 1. The summed E-state index contributed by atoms with van der Waals surface area (Å²) in [6, 6.07) is 12.0. The Morgan fingerprint density at radius 3 is 2.63 bits per heavy atom. The largest absolute Gasteiger partial charge is 0.368 e. The van der Waals surface area contributed by atoms with Crippen LogP contribution in [0.15, 0.2) is 48.8 Å². The molecule has 1 aliphatic heterocycles. The Bertz CT molecular complexity index is 872. The first-order chi connectivity index (χ1) is 13.2. The van der Waals surface area contributed by atoms with Crippen molar-refractivity contribution < 1.29 is 4.79 Å². The summed E-state index contributed by atoms with van der Waals surface area (Å²) in [5.41, 5.74) is 3.18. The van der Waals surface area contributed by atoms with Gasteiger partial charge >= 0.3 is 0 Å². The van der Waals surface area contributed by atoms with Gasteiger partial charge in [-0.05, 0) is 31.2 Å². The molecule has 4 rings (SSSR count). The summed E-state index contributed by atoms with van der Waals surface area (Å²) in [6.45, 7) is 5.34. The van der Waals surface area contributed by atoms with Crippen LogP contribution in [0.3, 0.4) is 0 Å². The molecular weight excluding hydrogens is 358 g/mol. The van der Waals surface area contributed by atoms with Gasteiger partial charge in [-0.25, -0.2) is 4.98 Å². The number of amides is 1. The van der Waals surface area contributed by atoms with Gasteiger partial charge in [-0.2, -0.15) is 0 Å². The number of imidazole rings is 1. The molecule has 0 spiro atoms. The predicted molar refractivity (Wildman–Crippen MR) is 110 cm³/mol. The van der Waals surface area contributed by atoms with Gasteiger partial charge in [-0.3, -0.25) is 9.78 Å². The number of hydrogen-bond donors (Lipinski definition) is 1. The number of aromatic nitrogens is 3. The quantitative estimate of drug-likeness (QED) is 0.736. The summed E-state index contributed by atoms with van der Waals surface area (Å²) in [5, 5.41) is 0.152. The number of aromatic amines is 1. The summed E-state index contributed by atoms with van der Waals surface area (Å²) >= 11 is 1.64. The maximum Gasteiger partial charge on any atom is 0.232 e. The van der Waals surface area contributed by atoms with Crippen LogP contribution in [0, 0.1) is 0 Å². The predicted octanol–water partition coefficient (Wildman–Crippen LogP) is 3.10. The summed E-state index contributed by atoms with van der Waals surface area (Å²) in [4.78, 5) is 28.9. The molecule has 1 N–H and O–H groups in total. The van der Waals surface area contributed by atoms with Crippen LogP contribution in [-0.4, -0.2) is 57.7 Å². The van der Waals surface area contributed by atoms with E-state index in [9.17, 15) is 4.79 Å². The molecule has 0 radical (unpaired) electrons. The van der Waals surface area contributed by atoms with E-state index in [1.165, 1.54) is 5.69 Å². The number of H-pyrrole nitrogens is 1. The van der Waals surface area contributed by atoms with Gasteiger partial charge in [0.05, 0.1) is 22.0 Å². The SMILES string of the molecule is C[C@H](SCC(=O)N1CCN(c2ccncc2)CC1)c1nc2ccccc2[nH]1. The fourth-order valence-corrected chi connectivity index (χ4v) is 4.15. The number of carbonyl (C=O) groups is 1. The first kappa shape index (κ1) is 17.9. The van der Waals surface area contributed by atoms with E-state index in [4.69, 9.17) is 0 Å². The maximum atomic E-state index is 12.6. The number of piperazine rings is 1. The number of nitrogens with zero attached hydrogens (tertiary/aromatic N) is 4. The summed E-state index contributed by atoms with van der Waals surface area (Å²) in [6.07, 6.45) is 3.62. The van der Waals surface area contributed by atoms with Gasteiger partial charge in [-0.1, -0.05) is 12.1 Å². The van der Waals surface area contributed by atoms with Gasteiger partial charge in [0.25, 0.3) is 0 Å². The van der Waals surface area contributed by atoms with Gasteiger partial charge in [-0.15, -0.1) is 11.8 Å². The Hall–Kier alpha value is -2.54. The highest BCUT2D eigenvalue weighted by molar-refractivity contribution is 8.00. The highest BCUT2D eigenvalue weighted by Crippen LogP contribution is 2.28. The first-order valence-corrected chi connectivity index (χ1v) is 10.2. The number of para-hydroxylation sites is 2. The number of carbonyl (C=O) groups excluding carboxylic acids is 1. The Morgan fingerprint density at radius 2 is 1.89 bits per heavy atom. The molecule has 0 saturated carbocycles. The number of thioether (sulfide) groups is 1. The van der Waals surface area contributed by atoms with Crippen molar-refractivity contribution >= 4 is 34.4 Å². The van der Waals surface area contributed by atoms with E-state index in [1.54, 1.807) is 11.8 Å². The lowest BCUT2D eigenvalue weighted by Crippen LogP contribution is -2.49. The fourth-order valence-electron chi connectivity index (χ4n) is 3.30. The molecule has 1 atom stereocenters. The van der Waals surface area contributed by atoms with Crippen LogP contribution >= 0.6 is 11.8 Å². The van der Waals surface area contributed by atoms with Crippen LogP contribution < -0.4 is 4.90 Å². The molecule has 140 valence electrons. The monoisotopic (exact) mass is 381 g/mol. The van der Waals surface area contributed by atoms with Gasteiger partial charge in [0.2, 0.25) is 5.91 Å². The number of fused-ring (bicyclic) bond motifs is 1. The molecular formula is C20H23N5OS. The van der Waals surface area contributed by atoms with Gasteiger partial charge in [0, 0.05) is 44.3 Å². The number of anilines is 1. The third kappa shape index (κ3) is 4.08. The van der Waals surface area contributed by atoms with E-state index in [2.05, 4.69) is 26.8 Å². The normalized spacial score (nSPS) is 15.9. The van der Waals surface area contributed by atoms with E-state index in [-0.39, 0.29) is 11.2 Å². The average Bonchev–Trinajstić information content (AvgIpc) is 3.17. The Morgan fingerprint density at radius 1 is 1.15 bits per heavy atom. The lowest BCUT2D eigenvalue weighted by molar-refractivity contribution is -0.128. The van der Waals surface area contributed by atoms with E-state index in [0.29, 0.717) is 5.75 Å². The van der Waals surface area contributed by atoms with E-state index >= 15 is 0 Å². The smallest absolute Gasteiger partial charge is 0.232 e. The summed E-state index contributed by atoms with van der Waals surface area (Å²) < 4.78 is 0. The zero-order valence-corrected chi connectivity index (χ0v) is 16.2. The lowest BCUT2D eigenvalue weighted by atomic mass is 10.2.